The highest BCUT2D eigenvalue weighted by molar-refractivity contribution is 7.99. The zero-order chi connectivity index (χ0) is 18.6. The van der Waals surface area contributed by atoms with Gasteiger partial charge in [-0.2, -0.15) is 5.26 Å². The first-order valence-corrected chi connectivity index (χ1v) is 9.28. The van der Waals surface area contributed by atoms with E-state index in [0.717, 1.165) is 17.3 Å². The van der Waals surface area contributed by atoms with Gasteiger partial charge in [0, 0.05) is 12.1 Å². The largest absolute Gasteiger partial charge is 0.461 e. The van der Waals surface area contributed by atoms with Gasteiger partial charge < -0.3 is 9.25 Å². The second-order valence-electron chi connectivity index (χ2n) is 5.65. The Morgan fingerprint density at radius 2 is 2.19 bits per heavy atom. The van der Waals surface area contributed by atoms with Gasteiger partial charge >= 0.3 is 0 Å². The van der Waals surface area contributed by atoms with Gasteiger partial charge in [-0.25, -0.2) is 0 Å². The Hall–Kier alpha value is -3.22. The molecule has 1 aromatic carbocycles. The Labute approximate surface area is 160 Å². The number of furan rings is 1. The summed E-state index contributed by atoms with van der Waals surface area (Å²) in [4.78, 5) is 5.52. The summed E-state index contributed by atoms with van der Waals surface area (Å²) in [5.74, 6) is 2.62. The number of benzene rings is 1. The van der Waals surface area contributed by atoms with E-state index in [1.54, 1.807) is 23.4 Å². The fourth-order valence-electron chi connectivity index (χ4n) is 2.64. The third-order valence-electron chi connectivity index (χ3n) is 3.93. The molecule has 1 aliphatic heterocycles. The molecule has 0 fully saturated rings. The van der Waals surface area contributed by atoms with Gasteiger partial charge in [-0.15, -0.1) is 10.2 Å². The lowest BCUT2D eigenvalue weighted by atomic mass is 10.1. The molecule has 0 saturated heterocycles. The van der Waals surface area contributed by atoms with Crippen LogP contribution in [0.15, 0.2) is 58.4 Å². The summed E-state index contributed by atoms with van der Waals surface area (Å²) in [7, 11) is 0. The number of nitrogens with one attached hydrogen (secondary N) is 1. The predicted molar refractivity (Wildman–Crippen MR) is 99.3 cm³/mol. The summed E-state index contributed by atoms with van der Waals surface area (Å²) < 4.78 is 7.43. The smallest absolute Gasteiger partial charge is 0.200 e. The molecule has 0 amide bonds. The molecule has 9 heteroatoms. The van der Waals surface area contributed by atoms with Gasteiger partial charge in [0.25, 0.3) is 0 Å². The summed E-state index contributed by atoms with van der Waals surface area (Å²) in [6.07, 6.45) is 3.47. The molecule has 1 N–H and O–H groups in total. The normalized spacial score (nSPS) is 13.3. The molecule has 0 saturated carbocycles. The lowest BCUT2D eigenvalue weighted by Gasteiger charge is -2.13. The fraction of sp³-hybridized carbons (Fsp3) is 0.167. The van der Waals surface area contributed by atoms with Crippen molar-refractivity contribution in [3.05, 3.63) is 60.0 Å². The molecule has 0 atom stereocenters. The van der Waals surface area contributed by atoms with Crippen molar-refractivity contribution in [3.8, 4) is 17.7 Å². The second-order valence-corrected chi connectivity index (χ2v) is 6.56. The molecular weight excluding hydrogens is 364 g/mol. The number of hydrogen-bond acceptors (Lipinski definition) is 8. The van der Waals surface area contributed by atoms with Crippen LogP contribution in [0.25, 0.3) is 17.3 Å². The average Bonchev–Trinajstić information content (AvgIpc) is 3.46. The standard InChI is InChI=1S/C18H16N6O2S/c1-2-24-17(15-7-4-8-25-15)20-21-18(24)27-12-23-11-16(26-22-23)14-6-3-5-13(9-14)10-19/h3-9,11,22H,2,12H2,1H3. The molecule has 4 rings (SSSR count). The van der Waals surface area contributed by atoms with E-state index in [1.165, 1.54) is 11.8 Å². The van der Waals surface area contributed by atoms with E-state index in [0.29, 0.717) is 28.8 Å². The van der Waals surface area contributed by atoms with Crippen molar-refractivity contribution in [2.24, 2.45) is 0 Å². The third-order valence-corrected chi connectivity index (χ3v) is 4.90. The molecule has 2 aromatic heterocycles. The van der Waals surface area contributed by atoms with Gasteiger partial charge in [0.05, 0.1) is 30.0 Å². The minimum Gasteiger partial charge on any atom is -0.461 e. The molecule has 3 aromatic rings. The zero-order valence-corrected chi connectivity index (χ0v) is 15.3. The highest BCUT2D eigenvalue weighted by Crippen LogP contribution is 2.26. The van der Waals surface area contributed by atoms with Gasteiger partial charge in [0.1, 0.15) is 0 Å². The second kappa shape index (κ2) is 7.57. The Morgan fingerprint density at radius 3 is 2.96 bits per heavy atom. The maximum Gasteiger partial charge on any atom is 0.200 e. The maximum absolute atomic E-state index is 9.03. The van der Waals surface area contributed by atoms with Gasteiger partial charge in [0.15, 0.2) is 22.5 Å². The van der Waals surface area contributed by atoms with E-state index in [1.807, 2.05) is 42.0 Å². The van der Waals surface area contributed by atoms with Gasteiger partial charge in [-0.3, -0.25) is 9.58 Å². The van der Waals surface area contributed by atoms with Crippen LogP contribution in [-0.2, 0) is 11.4 Å². The van der Waals surface area contributed by atoms with Crippen LogP contribution in [0.3, 0.4) is 0 Å². The summed E-state index contributed by atoms with van der Waals surface area (Å²) >= 11 is 1.53. The maximum atomic E-state index is 9.03. The molecule has 0 aliphatic carbocycles. The number of hydrazine groups is 1. The average molecular weight is 380 g/mol. The number of nitrogens with zero attached hydrogens (tertiary/aromatic N) is 5. The Balaban J connectivity index is 1.45. The third kappa shape index (κ3) is 3.53. The van der Waals surface area contributed by atoms with Crippen molar-refractivity contribution in [2.45, 2.75) is 18.6 Å². The zero-order valence-electron chi connectivity index (χ0n) is 14.5. The number of rotatable bonds is 6. The van der Waals surface area contributed by atoms with Crippen LogP contribution in [-0.4, -0.2) is 25.7 Å². The molecule has 1 aliphatic rings. The quantitative estimate of drug-likeness (QED) is 0.652. The number of aromatic nitrogens is 3. The predicted octanol–water partition coefficient (Wildman–Crippen LogP) is 3.23. The van der Waals surface area contributed by atoms with Crippen LogP contribution in [0.2, 0.25) is 0 Å². The summed E-state index contributed by atoms with van der Waals surface area (Å²) in [5, 5.41) is 20.1. The van der Waals surface area contributed by atoms with E-state index in [4.69, 9.17) is 14.5 Å². The van der Waals surface area contributed by atoms with E-state index in [2.05, 4.69) is 21.9 Å². The van der Waals surface area contributed by atoms with E-state index in [9.17, 15) is 0 Å². The molecule has 3 heterocycles. The van der Waals surface area contributed by atoms with Crippen molar-refractivity contribution >= 4 is 17.5 Å². The van der Waals surface area contributed by atoms with E-state index < -0.39 is 0 Å². The van der Waals surface area contributed by atoms with Crippen molar-refractivity contribution in [2.75, 3.05) is 5.88 Å². The Morgan fingerprint density at radius 1 is 1.26 bits per heavy atom. The Kier molecular flexibility index (Phi) is 4.82. The van der Waals surface area contributed by atoms with E-state index >= 15 is 0 Å². The molecule has 0 spiro atoms. The Bertz CT molecular complexity index is 1010. The first-order chi connectivity index (χ1) is 13.3. The van der Waals surface area contributed by atoms with Crippen molar-refractivity contribution < 1.29 is 9.25 Å². The number of hydrogen-bond donors (Lipinski definition) is 1. The molecular formula is C18H16N6O2S. The van der Waals surface area contributed by atoms with Crippen molar-refractivity contribution in [1.29, 1.82) is 5.26 Å². The lowest BCUT2D eigenvalue weighted by Crippen LogP contribution is -2.27. The van der Waals surface area contributed by atoms with Crippen LogP contribution in [0.5, 0.6) is 0 Å². The SMILES string of the molecule is CCn1c(SCN2C=C(c3cccc(C#N)c3)ON2)nnc1-c1ccco1. The molecule has 27 heavy (non-hydrogen) atoms. The van der Waals surface area contributed by atoms with Gasteiger partial charge in [0.2, 0.25) is 0 Å². The van der Waals surface area contributed by atoms with Crippen LogP contribution < -0.4 is 5.59 Å². The topological polar surface area (TPSA) is 92.1 Å². The molecule has 8 nitrogen and oxygen atoms in total. The molecule has 0 unspecified atom stereocenters. The van der Waals surface area contributed by atoms with Gasteiger partial charge in [-0.05, 0) is 31.2 Å². The monoisotopic (exact) mass is 380 g/mol. The number of thioether (sulfide) groups is 1. The summed E-state index contributed by atoms with van der Waals surface area (Å²) in [6, 6.07) is 13.1. The van der Waals surface area contributed by atoms with Crippen molar-refractivity contribution in [1.82, 2.24) is 25.4 Å². The molecule has 0 radical (unpaired) electrons. The summed E-state index contributed by atoms with van der Waals surface area (Å²) in [5.41, 5.74) is 4.27. The highest BCUT2D eigenvalue weighted by Gasteiger charge is 2.19. The van der Waals surface area contributed by atoms with Crippen LogP contribution in [0, 0.1) is 11.3 Å². The molecule has 136 valence electrons. The van der Waals surface area contributed by atoms with Crippen LogP contribution in [0.4, 0.5) is 0 Å². The fourth-order valence-corrected chi connectivity index (χ4v) is 3.49. The number of nitriles is 1. The lowest BCUT2D eigenvalue weighted by molar-refractivity contribution is 0.0607. The first-order valence-electron chi connectivity index (χ1n) is 8.30. The highest BCUT2D eigenvalue weighted by atomic mass is 32.2. The van der Waals surface area contributed by atoms with Crippen LogP contribution >= 0.6 is 11.8 Å². The van der Waals surface area contributed by atoms with Gasteiger partial charge in [-0.1, -0.05) is 29.5 Å². The van der Waals surface area contributed by atoms with E-state index in [-0.39, 0.29) is 0 Å². The van der Waals surface area contributed by atoms with Crippen molar-refractivity contribution in [3.63, 3.8) is 0 Å². The van der Waals surface area contributed by atoms with Crippen LogP contribution in [0.1, 0.15) is 18.1 Å². The molecule has 0 bridgehead atoms. The summed E-state index contributed by atoms with van der Waals surface area (Å²) in [6.45, 7) is 2.77. The minimum atomic E-state index is 0.567. The first kappa shape index (κ1) is 17.2. The minimum absolute atomic E-state index is 0.567.